The summed E-state index contributed by atoms with van der Waals surface area (Å²) in [6.45, 7) is 2.66. The number of aromatic nitrogens is 2. The van der Waals surface area contributed by atoms with E-state index in [9.17, 15) is 4.79 Å². The fraction of sp³-hybridized carbons (Fsp3) is 0.211. The lowest BCUT2D eigenvalue weighted by molar-refractivity contribution is -0.126. The van der Waals surface area contributed by atoms with Crippen LogP contribution in [0.3, 0.4) is 0 Å². The van der Waals surface area contributed by atoms with Gasteiger partial charge in [-0.25, -0.2) is 4.79 Å². The molecule has 6 nitrogen and oxygen atoms in total. The molecule has 0 N–H and O–H groups in total. The van der Waals surface area contributed by atoms with E-state index >= 15 is 0 Å². The van der Waals surface area contributed by atoms with Crippen LogP contribution in [-0.2, 0) is 24.3 Å². The summed E-state index contributed by atoms with van der Waals surface area (Å²) in [6.07, 6.45) is 5.61. The van der Waals surface area contributed by atoms with Crippen molar-refractivity contribution in [3.05, 3.63) is 83.8 Å². The van der Waals surface area contributed by atoms with Gasteiger partial charge in [0.25, 0.3) is 0 Å². The zero-order valence-electron chi connectivity index (χ0n) is 14.0. The van der Waals surface area contributed by atoms with Gasteiger partial charge in [0, 0.05) is 18.0 Å². The minimum absolute atomic E-state index is 0.231. The van der Waals surface area contributed by atoms with E-state index in [1.54, 1.807) is 18.5 Å². The number of hydrogen-bond acceptors (Lipinski definition) is 6. The molecule has 25 heavy (non-hydrogen) atoms. The third-order valence-corrected chi connectivity index (χ3v) is 3.65. The van der Waals surface area contributed by atoms with Crippen LogP contribution in [0.5, 0.6) is 0 Å². The molecule has 6 heteroatoms. The lowest BCUT2D eigenvalue weighted by Gasteiger charge is -2.20. The van der Waals surface area contributed by atoms with Gasteiger partial charge in [-0.2, -0.15) is 0 Å². The Labute approximate surface area is 146 Å². The van der Waals surface area contributed by atoms with Crippen molar-refractivity contribution in [2.75, 3.05) is 0 Å². The van der Waals surface area contributed by atoms with Gasteiger partial charge in [-0.15, -0.1) is 5.06 Å². The van der Waals surface area contributed by atoms with Crippen molar-refractivity contribution in [2.24, 2.45) is 0 Å². The lowest BCUT2D eigenvalue weighted by Crippen LogP contribution is -2.27. The number of furan rings is 1. The molecule has 0 saturated carbocycles. The summed E-state index contributed by atoms with van der Waals surface area (Å²) in [7, 11) is 0. The molecule has 0 aliphatic rings. The number of carbonyl (C=O) groups excluding carboxylic acids is 1. The third-order valence-electron chi connectivity index (χ3n) is 3.65. The van der Waals surface area contributed by atoms with Crippen LogP contribution in [0.1, 0.15) is 34.4 Å². The second-order valence-corrected chi connectivity index (χ2v) is 5.45. The van der Waals surface area contributed by atoms with E-state index in [1.165, 1.54) is 11.3 Å². The number of hydrogen-bond donors (Lipinski definition) is 0. The fourth-order valence-electron chi connectivity index (χ4n) is 2.42. The number of rotatable bonds is 7. The van der Waals surface area contributed by atoms with E-state index in [2.05, 4.69) is 9.97 Å². The summed E-state index contributed by atoms with van der Waals surface area (Å²) in [6, 6.07) is 13.0. The number of carbonyl (C=O) groups is 1. The molecule has 0 aromatic carbocycles. The van der Waals surface area contributed by atoms with Gasteiger partial charge >= 0.3 is 5.97 Å². The molecule has 0 fully saturated rings. The molecule has 0 saturated heterocycles. The molecule has 0 spiro atoms. The highest BCUT2D eigenvalue weighted by Crippen LogP contribution is 2.15. The lowest BCUT2D eigenvalue weighted by atomic mass is 10.2. The van der Waals surface area contributed by atoms with Gasteiger partial charge in [0.1, 0.15) is 0 Å². The van der Waals surface area contributed by atoms with Crippen molar-refractivity contribution in [3.8, 4) is 0 Å². The van der Waals surface area contributed by atoms with E-state index in [0.29, 0.717) is 19.5 Å². The number of pyridine rings is 2. The topological polar surface area (TPSA) is 68.5 Å². The number of aryl methyl sites for hydroxylation is 1. The third kappa shape index (κ3) is 4.51. The normalized spacial score (nSPS) is 10.8. The maximum absolute atomic E-state index is 12.5. The molecule has 3 heterocycles. The number of hydroxylamine groups is 2. The van der Waals surface area contributed by atoms with Gasteiger partial charge in [0.05, 0.1) is 30.7 Å². The minimum Gasteiger partial charge on any atom is -0.457 e. The first-order chi connectivity index (χ1) is 12.3. The smallest absolute Gasteiger partial charge is 0.393 e. The van der Waals surface area contributed by atoms with Crippen LogP contribution in [0, 0.1) is 0 Å². The highest BCUT2D eigenvalue weighted by atomic mass is 16.7. The van der Waals surface area contributed by atoms with Gasteiger partial charge in [-0.1, -0.05) is 19.1 Å². The first kappa shape index (κ1) is 16.9. The van der Waals surface area contributed by atoms with Crippen molar-refractivity contribution < 1.29 is 14.0 Å². The molecule has 3 aromatic rings. The van der Waals surface area contributed by atoms with Crippen LogP contribution in [0.15, 0.2) is 65.5 Å². The highest BCUT2D eigenvalue weighted by Gasteiger charge is 2.21. The second-order valence-electron chi connectivity index (χ2n) is 5.45. The maximum Gasteiger partial charge on any atom is 0.393 e. The Balaban J connectivity index is 1.76. The van der Waals surface area contributed by atoms with Crippen molar-refractivity contribution >= 4 is 5.97 Å². The van der Waals surface area contributed by atoms with Crippen LogP contribution < -0.4 is 0 Å². The van der Waals surface area contributed by atoms with E-state index in [4.69, 9.17) is 9.25 Å². The molecule has 0 unspecified atom stereocenters. The van der Waals surface area contributed by atoms with Gasteiger partial charge < -0.3 is 9.25 Å². The molecule has 0 aliphatic heterocycles. The molecule has 0 bridgehead atoms. The fourth-order valence-corrected chi connectivity index (χ4v) is 2.42. The average Bonchev–Trinajstić information content (AvgIpc) is 3.12. The molecular weight excluding hydrogens is 318 g/mol. The van der Waals surface area contributed by atoms with Crippen LogP contribution >= 0.6 is 0 Å². The number of nitrogens with zero attached hydrogens (tertiary/aromatic N) is 3. The zero-order valence-corrected chi connectivity index (χ0v) is 14.0. The first-order valence-corrected chi connectivity index (χ1v) is 8.09. The quantitative estimate of drug-likeness (QED) is 0.616. The monoisotopic (exact) mass is 337 g/mol. The Bertz CT molecular complexity index is 762. The van der Waals surface area contributed by atoms with Gasteiger partial charge in [0.15, 0.2) is 0 Å². The molecule has 0 atom stereocenters. The SMILES string of the molecule is CCc1ccoc1C(=O)ON(Cc1ccccn1)Cc1ccccn1. The van der Waals surface area contributed by atoms with Gasteiger partial charge in [-0.05, 0) is 36.8 Å². The highest BCUT2D eigenvalue weighted by molar-refractivity contribution is 5.87. The summed E-state index contributed by atoms with van der Waals surface area (Å²) in [5.74, 6) is -0.289. The van der Waals surface area contributed by atoms with E-state index < -0.39 is 5.97 Å². The van der Waals surface area contributed by atoms with E-state index in [0.717, 1.165) is 17.0 Å². The summed E-state index contributed by atoms with van der Waals surface area (Å²) < 4.78 is 5.29. The Kier molecular flexibility index (Phi) is 5.53. The van der Waals surface area contributed by atoms with Crippen molar-refractivity contribution in [3.63, 3.8) is 0 Å². The predicted molar refractivity (Wildman–Crippen MR) is 91.2 cm³/mol. The van der Waals surface area contributed by atoms with Crippen molar-refractivity contribution in [2.45, 2.75) is 26.4 Å². The van der Waals surface area contributed by atoms with Crippen LogP contribution in [-0.4, -0.2) is 21.0 Å². The molecule has 3 aromatic heterocycles. The predicted octanol–water partition coefficient (Wildman–Crippen LogP) is 3.41. The summed E-state index contributed by atoms with van der Waals surface area (Å²) in [5.41, 5.74) is 2.41. The molecule has 128 valence electrons. The summed E-state index contributed by atoms with van der Waals surface area (Å²) in [5, 5.41) is 1.54. The minimum atomic E-state index is -0.520. The van der Waals surface area contributed by atoms with Gasteiger partial charge in [0.2, 0.25) is 5.76 Å². The molecular formula is C19H19N3O3. The van der Waals surface area contributed by atoms with Crippen LogP contribution in [0.25, 0.3) is 0 Å². The van der Waals surface area contributed by atoms with Crippen LogP contribution in [0.4, 0.5) is 0 Å². The maximum atomic E-state index is 12.5. The standard InChI is InChI=1S/C19H19N3O3/c1-2-15-9-12-24-18(15)19(23)25-22(13-16-7-3-5-10-20-16)14-17-8-4-6-11-21-17/h3-12H,2,13-14H2,1H3. The Morgan fingerprint density at radius 3 is 2.20 bits per heavy atom. The zero-order chi connectivity index (χ0) is 17.5. The molecule has 0 radical (unpaired) electrons. The second kappa shape index (κ2) is 8.21. The van der Waals surface area contributed by atoms with Gasteiger partial charge in [-0.3, -0.25) is 9.97 Å². The first-order valence-electron chi connectivity index (χ1n) is 8.09. The Morgan fingerprint density at radius 1 is 1.04 bits per heavy atom. The molecule has 0 amide bonds. The average molecular weight is 337 g/mol. The Morgan fingerprint density at radius 2 is 1.68 bits per heavy atom. The Hall–Kier alpha value is -2.99. The van der Waals surface area contributed by atoms with Crippen molar-refractivity contribution in [1.82, 2.24) is 15.0 Å². The molecule has 0 aliphatic carbocycles. The molecule has 3 rings (SSSR count). The van der Waals surface area contributed by atoms with E-state index in [1.807, 2.05) is 43.3 Å². The largest absolute Gasteiger partial charge is 0.457 e. The van der Waals surface area contributed by atoms with Crippen molar-refractivity contribution in [1.29, 1.82) is 0 Å². The summed E-state index contributed by atoms with van der Waals surface area (Å²) >= 11 is 0. The van der Waals surface area contributed by atoms with Crippen LogP contribution in [0.2, 0.25) is 0 Å². The summed E-state index contributed by atoms with van der Waals surface area (Å²) in [4.78, 5) is 26.6. The van der Waals surface area contributed by atoms with E-state index in [-0.39, 0.29) is 5.76 Å².